The molecule has 7 nitrogen and oxygen atoms in total. The smallest absolute Gasteiger partial charge is 0.335 e. The standard InChI is InChI=1S/C21H27N3O4/c25-19(17-4-3-10-24(13-17)21(28)22-8-1-2-9-22)23-11-7-15-5-6-16(20(26)27)12-18(15)14-23/h5-6,12,17H,1-4,7-11,13-14H2,(H,26,27). The fourth-order valence-corrected chi connectivity index (χ4v) is 4.60. The highest BCUT2D eigenvalue weighted by Crippen LogP contribution is 2.26. The van der Waals surface area contributed by atoms with Crippen molar-refractivity contribution in [3.8, 4) is 0 Å². The number of likely N-dealkylation sites (tertiary alicyclic amines) is 2. The highest BCUT2D eigenvalue weighted by atomic mass is 16.4. The van der Waals surface area contributed by atoms with Crippen molar-refractivity contribution >= 4 is 17.9 Å². The molecule has 28 heavy (non-hydrogen) atoms. The Kier molecular flexibility index (Phi) is 5.24. The first-order valence-corrected chi connectivity index (χ1v) is 10.2. The van der Waals surface area contributed by atoms with E-state index in [-0.39, 0.29) is 23.4 Å². The summed E-state index contributed by atoms with van der Waals surface area (Å²) < 4.78 is 0. The number of urea groups is 1. The van der Waals surface area contributed by atoms with Crippen molar-refractivity contribution in [2.24, 2.45) is 5.92 Å². The van der Waals surface area contributed by atoms with Gasteiger partial charge in [-0.3, -0.25) is 4.79 Å². The summed E-state index contributed by atoms with van der Waals surface area (Å²) in [6.45, 7) is 3.96. The van der Waals surface area contributed by atoms with Gasteiger partial charge in [-0.05, 0) is 55.4 Å². The largest absolute Gasteiger partial charge is 0.478 e. The van der Waals surface area contributed by atoms with Crippen LogP contribution >= 0.6 is 0 Å². The van der Waals surface area contributed by atoms with Crippen molar-refractivity contribution in [3.63, 3.8) is 0 Å². The summed E-state index contributed by atoms with van der Waals surface area (Å²) in [6.07, 6.45) is 4.52. The molecule has 0 saturated carbocycles. The first-order chi connectivity index (χ1) is 13.5. The molecular weight excluding hydrogens is 358 g/mol. The topological polar surface area (TPSA) is 81.2 Å². The molecule has 1 N–H and O–H groups in total. The SMILES string of the molecule is O=C(O)c1ccc2c(c1)CN(C(=O)C1CCCN(C(=O)N3CCCC3)C1)CC2. The van der Waals surface area contributed by atoms with Crippen LogP contribution in [0.3, 0.4) is 0 Å². The highest BCUT2D eigenvalue weighted by Gasteiger charge is 2.34. The molecule has 2 saturated heterocycles. The van der Waals surface area contributed by atoms with E-state index in [1.165, 1.54) is 0 Å². The van der Waals surface area contributed by atoms with Crippen LogP contribution in [-0.2, 0) is 17.8 Å². The van der Waals surface area contributed by atoms with Gasteiger partial charge in [0.25, 0.3) is 0 Å². The van der Waals surface area contributed by atoms with Gasteiger partial charge in [-0.1, -0.05) is 6.07 Å². The number of carbonyl (C=O) groups excluding carboxylic acids is 2. The normalized spacial score (nSPS) is 22.1. The Morgan fingerprint density at radius 1 is 0.893 bits per heavy atom. The third kappa shape index (κ3) is 3.70. The molecule has 1 aromatic carbocycles. The summed E-state index contributed by atoms with van der Waals surface area (Å²) >= 11 is 0. The van der Waals surface area contributed by atoms with Crippen LogP contribution in [0.4, 0.5) is 4.79 Å². The third-order valence-corrected chi connectivity index (χ3v) is 6.19. The van der Waals surface area contributed by atoms with Gasteiger partial charge in [0.1, 0.15) is 0 Å². The van der Waals surface area contributed by atoms with E-state index in [1.807, 2.05) is 20.8 Å². The Hall–Kier alpha value is -2.57. The van der Waals surface area contributed by atoms with Crippen molar-refractivity contribution in [2.75, 3.05) is 32.7 Å². The van der Waals surface area contributed by atoms with Crippen molar-refractivity contribution in [3.05, 3.63) is 34.9 Å². The molecule has 0 radical (unpaired) electrons. The molecule has 7 heteroatoms. The Bertz CT molecular complexity index is 788. The van der Waals surface area contributed by atoms with Crippen LogP contribution in [0.15, 0.2) is 18.2 Å². The number of carbonyl (C=O) groups is 3. The minimum absolute atomic E-state index is 0.0742. The summed E-state index contributed by atoms with van der Waals surface area (Å²) in [5.74, 6) is -1.02. The van der Waals surface area contributed by atoms with Gasteiger partial charge in [0.15, 0.2) is 0 Å². The van der Waals surface area contributed by atoms with Gasteiger partial charge in [0.2, 0.25) is 5.91 Å². The number of benzene rings is 1. The molecule has 1 atom stereocenters. The molecule has 3 aliphatic rings. The van der Waals surface area contributed by atoms with Gasteiger partial charge >= 0.3 is 12.0 Å². The molecule has 0 spiro atoms. The predicted octanol–water partition coefficient (Wildman–Crippen LogP) is 2.20. The molecule has 0 aromatic heterocycles. The lowest BCUT2D eigenvalue weighted by Crippen LogP contribution is -2.50. The van der Waals surface area contributed by atoms with Crippen LogP contribution < -0.4 is 0 Å². The first-order valence-electron chi connectivity index (χ1n) is 10.2. The summed E-state index contributed by atoms with van der Waals surface area (Å²) in [7, 11) is 0. The van der Waals surface area contributed by atoms with Crippen LogP contribution in [0, 0.1) is 5.92 Å². The van der Waals surface area contributed by atoms with Gasteiger partial charge in [0.05, 0.1) is 11.5 Å². The van der Waals surface area contributed by atoms with E-state index in [2.05, 4.69) is 0 Å². The van der Waals surface area contributed by atoms with E-state index in [1.54, 1.807) is 12.1 Å². The van der Waals surface area contributed by atoms with Crippen LogP contribution in [0.5, 0.6) is 0 Å². The molecule has 0 aliphatic carbocycles. The van der Waals surface area contributed by atoms with Gasteiger partial charge < -0.3 is 19.8 Å². The summed E-state index contributed by atoms with van der Waals surface area (Å²) in [5.41, 5.74) is 2.29. The summed E-state index contributed by atoms with van der Waals surface area (Å²) in [5, 5.41) is 9.21. The molecule has 1 unspecified atom stereocenters. The van der Waals surface area contributed by atoms with Gasteiger partial charge in [0, 0.05) is 39.3 Å². The fourth-order valence-electron chi connectivity index (χ4n) is 4.60. The maximum atomic E-state index is 13.1. The number of hydrogen-bond donors (Lipinski definition) is 1. The Morgan fingerprint density at radius 2 is 1.64 bits per heavy atom. The number of nitrogens with zero attached hydrogens (tertiary/aromatic N) is 3. The number of fused-ring (bicyclic) bond motifs is 1. The molecule has 3 aliphatic heterocycles. The Balaban J connectivity index is 1.42. The van der Waals surface area contributed by atoms with E-state index in [4.69, 9.17) is 0 Å². The average molecular weight is 385 g/mol. The average Bonchev–Trinajstić information content (AvgIpc) is 3.26. The maximum Gasteiger partial charge on any atom is 0.335 e. The highest BCUT2D eigenvalue weighted by molar-refractivity contribution is 5.88. The lowest BCUT2D eigenvalue weighted by Gasteiger charge is -2.38. The molecule has 3 amide bonds. The van der Waals surface area contributed by atoms with E-state index < -0.39 is 5.97 Å². The molecule has 4 rings (SSSR count). The van der Waals surface area contributed by atoms with Gasteiger partial charge in [-0.15, -0.1) is 0 Å². The fraction of sp³-hybridized carbons (Fsp3) is 0.571. The number of carboxylic acid groups (broad SMARTS) is 1. The zero-order valence-electron chi connectivity index (χ0n) is 16.1. The van der Waals surface area contributed by atoms with Crippen LogP contribution in [0.2, 0.25) is 0 Å². The number of rotatable bonds is 2. The van der Waals surface area contributed by atoms with Crippen molar-refractivity contribution in [2.45, 2.75) is 38.6 Å². The number of hydrogen-bond acceptors (Lipinski definition) is 3. The van der Waals surface area contributed by atoms with Gasteiger partial charge in [-0.25, -0.2) is 9.59 Å². The van der Waals surface area contributed by atoms with Crippen LogP contribution in [0.1, 0.15) is 47.2 Å². The second kappa shape index (κ2) is 7.81. The van der Waals surface area contributed by atoms with E-state index >= 15 is 0 Å². The predicted molar refractivity (Wildman–Crippen MR) is 103 cm³/mol. The molecule has 0 bridgehead atoms. The lowest BCUT2D eigenvalue weighted by molar-refractivity contribution is -0.137. The summed E-state index contributed by atoms with van der Waals surface area (Å²) in [6, 6.07) is 5.24. The minimum Gasteiger partial charge on any atom is -0.478 e. The molecule has 1 aromatic rings. The number of aromatic carboxylic acids is 1. The molecule has 150 valence electrons. The van der Waals surface area contributed by atoms with Crippen molar-refractivity contribution in [1.29, 1.82) is 0 Å². The van der Waals surface area contributed by atoms with E-state index in [9.17, 15) is 19.5 Å². The zero-order chi connectivity index (χ0) is 19.7. The monoisotopic (exact) mass is 385 g/mol. The summed E-state index contributed by atoms with van der Waals surface area (Å²) in [4.78, 5) is 42.6. The van der Waals surface area contributed by atoms with Crippen molar-refractivity contribution in [1.82, 2.24) is 14.7 Å². The Morgan fingerprint density at radius 3 is 2.39 bits per heavy atom. The van der Waals surface area contributed by atoms with Crippen LogP contribution in [-0.4, -0.2) is 70.4 Å². The van der Waals surface area contributed by atoms with Gasteiger partial charge in [-0.2, -0.15) is 0 Å². The first kappa shape index (κ1) is 18.8. The van der Waals surface area contributed by atoms with E-state index in [0.717, 1.165) is 62.9 Å². The minimum atomic E-state index is -0.949. The maximum absolute atomic E-state index is 13.1. The number of amides is 3. The quantitative estimate of drug-likeness (QED) is 0.846. The molecular formula is C21H27N3O4. The Labute approximate surface area is 164 Å². The third-order valence-electron chi connectivity index (χ3n) is 6.19. The lowest BCUT2D eigenvalue weighted by atomic mass is 9.93. The van der Waals surface area contributed by atoms with Crippen LogP contribution in [0.25, 0.3) is 0 Å². The second-order valence-corrected chi connectivity index (χ2v) is 8.06. The molecule has 3 heterocycles. The number of carboxylic acids is 1. The molecule has 2 fully saturated rings. The number of piperidine rings is 1. The van der Waals surface area contributed by atoms with Crippen molar-refractivity contribution < 1.29 is 19.5 Å². The zero-order valence-corrected chi connectivity index (χ0v) is 16.1. The van der Waals surface area contributed by atoms with E-state index in [0.29, 0.717) is 19.6 Å². The second-order valence-electron chi connectivity index (χ2n) is 8.06.